The molecule has 0 bridgehead atoms. The lowest BCUT2D eigenvalue weighted by atomic mass is 9.93. The van der Waals surface area contributed by atoms with E-state index in [2.05, 4.69) is 20.4 Å². The van der Waals surface area contributed by atoms with E-state index < -0.39 is 0 Å². The molecular formula is C18H30N6O4. The zero-order valence-corrected chi connectivity index (χ0v) is 17.3. The highest BCUT2D eigenvalue weighted by molar-refractivity contribution is 5.89. The molecule has 2 heterocycles. The van der Waals surface area contributed by atoms with Gasteiger partial charge in [0.15, 0.2) is 11.7 Å². The molecule has 0 fully saturated rings. The summed E-state index contributed by atoms with van der Waals surface area (Å²) in [7, 11) is 3.23. The van der Waals surface area contributed by atoms with Crippen LogP contribution in [0, 0.1) is 10.8 Å². The zero-order chi connectivity index (χ0) is 21.2. The van der Waals surface area contributed by atoms with Gasteiger partial charge in [0, 0.05) is 39.0 Å². The number of hydrogen-bond donors (Lipinski definition) is 2. The fourth-order valence-electron chi connectivity index (χ4n) is 2.66. The molecule has 2 aromatic heterocycles. The van der Waals surface area contributed by atoms with Crippen LogP contribution >= 0.6 is 0 Å². The summed E-state index contributed by atoms with van der Waals surface area (Å²) in [5.41, 5.74) is -0.736. The molecule has 2 N–H and O–H groups in total. The van der Waals surface area contributed by atoms with E-state index in [-0.39, 0.29) is 10.8 Å². The van der Waals surface area contributed by atoms with Gasteiger partial charge in [-0.1, -0.05) is 38.0 Å². The van der Waals surface area contributed by atoms with Crippen molar-refractivity contribution in [1.29, 1.82) is 0 Å². The monoisotopic (exact) mass is 394 g/mol. The van der Waals surface area contributed by atoms with Crippen molar-refractivity contribution < 1.29 is 19.9 Å². The first-order chi connectivity index (χ1) is 13.2. The Kier molecular flexibility index (Phi) is 8.80. The maximum Gasteiger partial charge on any atom is 0.176 e. The Morgan fingerprint density at radius 2 is 1.50 bits per heavy atom. The van der Waals surface area contributed by atoms with E-state index in [1.54, 1.807) is 56.0 Å². The lowest BCUT2D eigenvalue weighted by molar-refractivity contribution is 0.137. The van der Waals surface area contributed by atoms with E-state index in [1.807, 2.05) is 27.7 Å². The van der Waals surface area contributed by atoms with Crippen LogP contribution in [0.1, 0.15) is 27.7 Å². The molecule has 0 amide bonds. The van der Waals surface area contributed by atoms with E-state index in [0.717, 1.165) is 0 Å². The van der Waals surface area contributed by atoms with Gasteiger partial charge < -0.3 is 19.9 Å². The smallest absolute Gasteiger partial charge is 0.176 e. The minimum Gasteiger partial charge on any atom is -0.409 e. The van der Waals surface area contributed by atoms with Gasteiger partial charge in [-0.05, 0) is 6.07 Å². The summed E-state index contributed by atoms with van der Waals surface area (Å²) >= 11 is 0. The summed E-state index contributed by atoms with van der Waals surface area (Å²) in [6.07, 6.45) is 8.31. The van der Waals surface area contributed by atoms with Gasteiger partial charge in [0.1, 0.15) is 6.33 Å². The SMILES string of the molecule is COCC(C)(C)C(=NO)n1cccn1.COCC(C)(C)C(=NO)n1ccnc1. The molecule has 0 aliphatic carbocycles. The fourth-order valence-corrected chi connectivity index (χ4v) is 2.66. The molecule has 28 heavy (non-hydrogen) atoms. The number of ether oxygens (including phenoxy) is 2. The second-order valence-electron chi connectivity index (χ2n) is 7.40. The molecule has 2 aromatic rings. The second-order valence-corrected chi connectivity index (χ2v) is 7.40. The normalized spacial score (nSPS) is 13.2. The number of hydrogen-bond acceptors (Lipinski definition) is 8. The van der Waals surface area contributed by atoms with Crippen molar-refractivity contribution >= 4 is 11.7 Å². The molecule has 0 saturated carbocycles. The van der Waals surface area contributed by atoms with Crippen LogP contribution in [0.5, 0.6) is 0 Å². The molecule has 10 heteroatoms. The Morgan fingerprint density at radius 3 is 1.89 bits per heavy atom. The van der Waals surface area contributed by atoms with E-state index in [0.29, 0.717) is 24.9 Å². The Morgan fingerprint density at radius 1 is 0.929 bits per heavy atom. The third kappa shape index (κ3) is 6.17. The van der Waals surface area contributed by atoms with Crippen molar-refractivity contribution in [3.05, 3.63) is 37.2 Å². The first-order valence-corrected chi connectivity index (χ1v) is 8.64. The van der Waals surface area contributed by atoms with Crippen LogP contribution < -0.4 is 0 Å². The molecular weight excluding hydrogens is 364 g/mol. The third-order valence-corrected chi connectivity index (χ3v) is 3.88. The molecule has 0 aliphatic rings. The number of aromatic nitrogens is 4. The van der Waals surface area contributed by atoms with Gasteiger partial charge >= 0.3 is 0 Å². The van der Waals surface area contributed by atoms with Gasteiger partial charge in [0.25, 0.3) is 0 Å². The van der Waals surface area contributed by atoms with Crippen LogP contribution in [0.2, 0.25) is 0 Å². The highest BCUT2D eigenvalue weighted by atomic mass is 16.5. The summed E-state index contributed by atoms with van der Waals surface area (Å²) in [6.45, 7) is 8.66. The van der Waals surface area contributed by atoms with Crippen LogP contribution in [0.25, 0.3) is 0 Å². The minimum atomic E-state index is -0.379. The maximum atomic E-state index is 8.94. The van der Waals surface area contributed by atoms with E-state index in [1.165, 1.54) is 4.68 Å². The predicted octanol–water partition coefficient (Wildman–Crippen LogP) is 2.38. The number of imidazole rings is 1. The van der Waals surface area contributed by atoms with E-state index in [4.69, 9.17) is 19.9 Å². The molecule has 0 aromatic carbocycles. The molecule has 10 nitrogen and oxygen atoms in total. The molecule has 156 valence electrons. The predicted molar refractivity (Wildman–Crippen MR) is 105 cm³/mol. The average molecular weight is 394 g/mol. The molecule has 0 radical (unpaired) electrons. The number of methoxy groups -OCH3 is 2. The van der Waals surface area contributed by atoms with Gasteiger partial charge in [-0.25, -0.2) is 9.67 Å². The van der Waals surface area contributed by atoms with Gasteiger partial charge in [0.2, 0.25) is 0 Å². The lowest BCUT2D eigenvalue weighted by Crippen LogP contribution is -2.35. The molecule has 0 atom stereocenters. The number of oxime groups is 2. The van der Waals surface area contributed by atoms with Crippen molar-refractivity contribution in [1.82, 2.24) is 19.3 Å². The molecule has 0 aliphatic heterocycles. The highest BCUT2D eigenvalue weighted by Crippen LogP contribution is 2.19. The van der Waals surface area contributed by atoms with Crippen LogP contribution in [0.3, 0.4) is 0 Å². The molecule has 0 spiro atoms. The largest absolute Gasteiger partial charge is 0.409 e. The van der Waals surface area contributed by atoms with Gasteiger partial charge in [-0.3, -0.25) is 4.57 Å². The topological polar surface area (TPSA) is 119 Å². The molecule has 2 rings (SSSR count). The van der Waals surface area contributed by atoms with Gasteiger partial charge in [0.05, 0.1) is 24.0 Å². The Hall–Kier alpha value is -2.72. The number of rotatable bonds is 6. The Labute approximate surface area is 165 Å². The number of nitrogens with zero attached hydrogens (tertiary/aromatic N) is 6. The average Bonchev–Trinajstić information content (AvgIpc) is 3.30. The molecule has 0 unspecified atom stereocenters. The van der Waals surface area contributed by atoms with Crippen molar-refractivity contribution in [3.8, 4) is 0 Å². The quantitative estimate of drug-likeness (QED) is 0.336. The third-order valence-electron chi connectivity index (χ3n) is 3.88. The Balaban J connectivity index is 0.000000280. The standard InChI is InChI=1S/2C9H15N3O2/c1-9(2,6-14-3)8(11-13)12-5-4-10-7-12;1-9(2,7-14-3)8(11-13)12-6-4-5-10-12/h4-5,7,13H,6H2,1-3H3;4-6,13H,7H2,1-3H3. The van der Waals surface area contributed by atoms with Crippen LogP contribution in [-0.2, 0) is 9.47 Å². The minimum absolute atomic E-state index is 0.357. The first-order valence-electron chi connectivity index (χ1n) is 8.64. The van der Waals surface area contributed by atoms with Crippen molar-refractivity contribution in [3.63, 3.8) is 0 Å². The van der Waals surface area contributed by atoms with Crippen molar-refractivity contribution in [2.24, 2.45) is 21.1 Å². The van der Waals surface area contributed by atoms with Gasteiger partial charge in [-0.15, -0.1) is 0 Å². The molecule has 0 saturated heterocycles. The summed E-state index contributed by atoms with van der Waals surface area (Å²) in [5, 5.41) is 28.4. The summed E-state index contributed by atoms with van der Waals surface area (Å²) in [6, 6.07) is 1.77. The highest BCUT2D eigenvalue weighted by Gasteiger charge is 2.28. The Bertz CT molecular complexity index is 672. The van der Waals surface area contributed by atoms with E-state index in [9.17, 15) is 0 Å². The van der Waals surface area contributed by atoms with Crippen LogP contribution in [0.4, 0.5) is 0 Å². The van der Waals surface area contributed by atoms with Crippen molar-refractivity contribution in [2.75, 3.05) is 27.4 Å². The van der Waals surface area contributed by atoms with Gasteiger partial charge in [-0.2, -0.15) is 5.10 Å². The van der Waals surface area contributed by atoms with Crippen molar-refractivity contribution in [2.45, 2.75) is 27.7 Å². The van der Waals surface area contributed by atoms with Crippen LogP contribution in [-0.4, -0.2) is 68.9 Å². The van der Waals surface area contributed by atoms with E-state index >= 15 is 0 Å². The van der Waals surface area contributed by atoms with Crippen LogP contribution in [0.15, 0.2) is 47.5 Å². The summed E-state index contributed by atoms with van der Waals surface area (Å²) in [4.78, 5) is 3.89. The maximum absolute atomic E-state index is 8.94. The summed E-state index contributed by atoms with van der Waals surface area (Å²) in [5.74, 6) is 0.973. The zero-order valence-electron chi connectivity index (χ0n) is 17.3. The summed E-state index contributed by atoms with van der Waals surface area (Å²) < 4.78 is 13.3. The second kappa shape index (κ2) is 10.6. The first kappa shape index (κ1) is 23.3. The fraction of sp³-hybridized carbons (Fsp3) is 0.556. The lowest BCUT2D eigenvalue weighted by Gasteiger charge is -2.24.